The molecule has 138 valence electrons. The van der Waals surface area contributed by atoms with Crippen molar-refractivity contribution in [3.8, 4) is 5.88 Å². The first-order valence-electron chi connectivity index (χ1n) is 9.12. The van der Waals surface area contributed by atoms with Gasteiger partial charge in [0.1, 0.15) is 0 Å². The summed E-state index contributed by atoms with van der Waals surface area (Å²) in [6.07, 6.45) is 0.796. The van der Waals surface area contributed by atoms with Gasteiger partial charge < -0.3 is 10.1 Å². The molecule has 0 aliphatic carbocycles. The molecule has 2 aromatic carbocycles. The maximum atomic E-state index is 12.3. The number of carbonyl (C=O) groups excluding carboxylic acids is 1. The summed E-state index contributed by atoms with van der Waals surface area (Å²) < 4.78 is 5.25. The number of rotatable bonds is 8. The van der Waals surface area contributed by atoms with Crippen LogP contribution in [0, 0.1) is 0 Å². The zero-order chi connectivity index (χ0) is 18.9. The molecule has 3 rings (SSSR count). The van der Waals surface area contributed by atoms with Gasteiger partial charge in [-0.1, -0.05) is 60.7 Å². The Balaban J connectivity index is 1.63. The van der Waals surface area contributed by atoms with Gasteiger partial charge in [-0.05, 0) is 30.5 Å². The van der Waals surface area contributed by atoms with Gasteiger partial charge in [-0.2, -0.15) is 0 Å². The van der Waals surface area contributed by atoms with E-state index in [1.807, 2.05) is 43.3 Å². The van der Waals surface area contributed by atoms with E-state index in [0.717, 1.165) is 6.42 Å². The number of nitrogens with zero attached hydrogens (tertiary/aromatic N) is 2. The van der Waals surface area contributed by atoms with Crippen molar-refractivity contribution in [2.75, 3.05) is 13.2 Å². The maximum Gasteiger partial charge on any atom is 0.271 e. The molecule has 0 bridgehead atoms. The van der Waals surface area contributed by atoms with Crippen LogP contribution in [-0.4, -0.2) is 29.3 Å². The third-order valence-electron chi connectivity index (χ3n) is 4.29. The molecule has 0 aliphatic heterocycles. The van der Waals surface area contributed by atoms with Gasteiger partial charge in [-0.15, -0.1) is 10.2 Å². The van der Waals surface area contributed by atoms with Gasteiger partial charge in [0.25, 0.3) is 5.91 Å². The third kappa shape index (κ3) is 5.14. The van der Waals surface area contributed by atoms with E-state index in [9.17, 15) is 4.79 Å². The summed E-state index contributed by atoms with van der Waals surface area (Å²) >= 11 is 0. The average Bonchev–Trinajstić information content (AvgIpc) is 2.73. The zero-order valence-corrected chi connectivity index (χ0v) is 15.3. The molecular weight excluding hydrogens is 338 g/mol. The number of ether oxygens (including phenoxy) is 1. The number of nitrogens with one attached hydrogen (secondary N) is 1. The van der Waals surface area contributed by atoms with E-state index < -0.39 is 0 Å². The smallest absolute Gasteiger partial charge is 0.271 e. The Morgan fingerprint density at radius 1 is 0.926 bits per heavy atom. The monoisotopic (exact) mass is 361 g/mol. The molecule has 5 nitrogen and oxygen atoms in total. The fraction of sp³-hybridized carbons (Fsp3) is 0.227. The van der Waals surface area contributed by atoms with Gasteiger partial charge in [0.05, 0.1) is 6.61 Å². The van der Waals surface area contributed by atoms with Crippen LogP contribution in [0.1, 0.15) is 40.9 Å². The Hall–Kier alpha value is -3.21. The SMILES string of the molecule is CCOc1ccc(C(=O)NCCC(c2ccccc2)c2ccccc2)nn1. The Kier molecular flexibility index (Phi) is 6.52. The van der Waals surface area contributed by atoms with E-state index >= 15 is 0 Å². The number of hydrogen-bond donors (Lipinski definition) is 1. The Morgan fingerprint density at radius 3 is 2.07 bits per heavy atom. The van der Waals surface area contributed by atoms with E-state index in [0.29, 0.717) is 19.0 Å². The van der Waals surface area contributed by atoms with Gasteiger partial charge in [0, 0.05) is 18.5 Å². The second-order valence-electron chi connectivity index (χ2n) is 6.11. The highest BCUT2D eigenvalue weighted by atomic mass is 16.5. The highest BCUT2D eigenvalue weighted by Gasteiger charge is 2.15. The van der Waals surface area contributed by atoms with E-state index in [2.05, 4.69) is 39.8 Å². The second-order valence-corrected chi connectivity index (χ2v) is 6.11. The second kappa shape index (κ2) is 9.48. The Labute approximate surface area is 159 Å². The lowest BCUT2D eigenvalue weighted by molar-refractivity contribution is 0.0946. The van der Waals surface area contributed by atoms with Crippen LogP contribution in [0.3, 0.4) is 0 Å². The lowest BCUT2D eigenvalue weighted by Crippen LogP contribution is -2.27. The van der Waals surface area contributed by atoms with Crippen LogP contribution >= 0.6 is 0 Å². The predicted octanol–water partition coefficient (Wildman–Crippen LogP) is 3.83. The molecule has 1 N–H and O–H groups in total. The van der Waals surface area contributed by atoms with E-state index in [4.69, 9.17) is 4.74 Å². The van der Waals surface area contributed by atoms with Crippen LogP contribution in [0.4, 0.5) is 0 Å². The molecule has 0 fully saturated rings. The lowest BCUT2D eigenvalue weighted by atomic mass is 9.88. The molecule has 0 radical (unpaired) electrons. The third-order valence-corrected chi connectivity index (χ3v) is 4.29. The summed E-state index contributed by atoms with van der Waals surface area (Å²) in [7, 11) is 0. The predicted molar refractivity (Wildman–Crippen MR) is 105 cm³/mol. The molecule has 0 saturated heterocycles. The van der Waals surface area contributed by atoms with Crippen LogP contribution in [0.2, 0.25) is 0 Å². The normalized spacial score (nSPS) is 10.6. The fourth-order valence-electron chi connectivity index (χ4n) is 2.98. The highest BCUT2D eigenvalue weighted by molar-refractivity contribution is 5.92. The number of benzene rings is 2. The van der Waals surface area contributed by atoms with Gasteiger partial charge in [-0.25, -0.2) is 0 Å². The van der Waals surface area contributed by atoms with Crippen molar-refractivity contribution in [3.05, 3.63) is 89.6 Å². The van der Waals surface area contributed by atoms with Gasteiger partial charge in [0.15, 0.2) is 5.69 Å². The van der Waals surface area contributed by atoms with Crippen molar-refractivity contribution in [3.63, 3.8) is 0 Å². The molecule has 3 aromatic rings. The molecule has 1 amide bonds. The highest BCUT2D eigenvalue weighted by Crippen LogP contribution is 2.27. The number of amides is 1. The molecule has 0 aliphatic rings. The number of carbonyl (C=O) groups is 1. The molecule has 0 unspecified atom stereocenters. The number of hydrogen-bond acceptors (Lipinski definition) is 4. The van der Waals surface area contributed by atoms with E-state index in [1.165, 1.54) is 11.1 Å². The minimum Gasteiger partial charge on any atom is -0.477 e. The summed E-state index contributed by atoms with van der Waals surface area (Å²) in [6, 6.07) is 24.0. The summed E-state index contributed by atoms with van der Waals surface area (Å²) in [4.78, 5) is 12.3. The first-order chi connectivity index (χ1) is 13.3. The molecule has 0 saturated carbocycles. The average molecular weight is 361 g/mol. The Morgan fingerprint density at radius 2 is 1.56 bits per heavy atom. The Bertz CT molecular complexity index is 797. The quantitative estimate of drug-likeness (QED) is 0.662. The standard InChI is InChI=1S/C22H23N3O2/c1-2-27-21-14-13-20(24-25-21)22(26)23-16-15-19(17-9-5-3-6-10-17)18-11-7-4-8-12-18/h3-14,19H,2,15-16H2,1H3,(H,23,26). The van der Waals surface area contributed by atoms with Crippen molar-refractivity contribution in [2.24, 2.45) is 0 Å². The van der Waals surface area contributed by atoms with Crippen LogP contribution in [0.25, 0.3) is 0 Å². The molecule has 1 aromatic heterocycles. The van der Waals surface area contributed by atoms with Crippen molar-refractivity contribution in [2.45, 2.75) is 19.3 Å². The summed E-state index contributed by atoms with van der Waals surface area (Å²) in [5.74, 6) is 0.409. The first kappa shape index (κ1) is 18.6. The molecule has 0 spiro atoms. The molecule has 1 heterocycles. The van der Waals surface area contributed by atoms with Gasteiger partial charge in [0.2, 0.25) is 5.88 Å². The number of aromatic nitrogens is 2. The van der Waals surface area contributed by atoms with Crippen LogP contribution < -0.4 is 10.1 Å². The zero-order valence-electron chi connectivity index (χ0n) is 15.3. The fourth-order valence-corrected chi connectivity index (χ4v) is 2.98. The topological polar surface area (TPSA) is 64.1 Å². The van der Waals surface area contributed by atoms with Gasteiger partial charge in [-0.3, -0.25) is 4.79 Å². The van der Waals surface area contributed by atoms with Gasteiger partial charge >= 0.3 is 0 Å². The van der Waals surface area contributed by atoms with Crippen molar-refractivity contribution < 1.29 is 9.53 Å². The minimum atomic E-state index is -0.231. The molecular formula is C22H23N3O2. The molecule has 5 heteroatoms. The molecule has 27 heavy (non-hydrogen) atoms. The van der Waals surface area contributed by atoms with Crippen LogP contribution in [-0.2, 0) is 0 Å². The lowest BCUT2D eigenvalue weighted by Gasteiger charge is -2.18. The summed E-state index contributed by atoms with van der Waals surface area (Å²) in [6.45, 7) is 2.93. The largest absolute Gasteiger partial charge is 0.477 e. The van der Waals surface area contributed by atoms with E-state index in [-0.39, 0.29) is 17.5 Å². The van der Waals surface area contributed by atoms with Crippen LogP contribution in [0.15, 0.2) is 72.8 Å². The minimum absolute atomic E-state index is 0.221. The molecule has 0 atom stereocenters. The van der Waals surface area contributed by atoms with Crippen molar-refractivity contribution in [1.29, 1.82) is 0 Å². The summed E-state index contributed by atoms with van der Waals surface area (Å²) in [5.41, 5.74) is 2.76. The summed E-state index contributed by atoms with van der Waals surface area (Å²) in [5, 5.41) is 10.8. The first-order valence-corrected chi connectivity index (χ1v) is 9.12. The van der Waals surface area contributed by atoms with Crippen molar-refractivity contribution >= 4 is 5.91 Å². The van der Waals surface area contributed by atoms with Crippen molar-refractivity contribution in [1.82, 2.24) is 15.5 Å². The maximum absolute atomic E-state index is 12.3. The van der Waals surface area contributed by atoms with E-state index in [1.54, 1.807) is 12.1 Å². The van der Waals surface area contributed by atoms with Crippen LogP contribution in [0.5, 0.6) is 5.88 Å².